The molecular formula is C18H22ClN3O3S. The summed E-state index contributed by atoms with van der Waals surface area (Å²) in [4.78, 5) is 14.3. The SMILES string of the molecule is Cc1cc(Cl)ccc1N(CC(=O)Nc1ccc(N(C)C)cc1)S(C)(=O)=O. The third-order valence-corrected chi connectivity index (χ3v) is 5.14. The van der Waals surface area contributed by atoms with Gasteiger partial charge in [-0.1, -0.05) is 11.6 Å². The molecule has 1 amide bonds. The maximum Gasteiger partial charge on any atom is 0.245 e. The summed E-state index contributed by atoms with van der Waals surface area (Å²) >= 11 is 5.93. The van der Waals surface area contributed by atoms with E-state index in [1.807, 2.05) is 31.1 Å². The molecule has 0 bridgehead atoms. The molecule has 1 N–H and O–H groups in total. The number of aryl methyl sites for hydroxylation is 1. The van der Waals surface area contributed by atoms with E-state index in [4.69, 9.17) is 11.6 Å². The molecule has 0 saturated carbocycles. The van der Waals surface area contributed by atoms with E-state index in [9.17, 15) is 13.2 Å². The van der Waals surface area contributed by atoms with Crippen LogP contribution in [-0.4, -0.2) is 41.2 Å². The van der Waals surface area contributed by atoms with Crippen LogP contribution < -0.4 is 14.5 Å². The second-order valence-electron chi connectivity index (χ2n) is 6.19. The predicted octanol–water partition coefficient (Wildman–Crippen LogP) is 3.12. The minimum absolute atomic E-state index is 0.323. The lowest BCUT2D eigenvalue weighted by atomic mass is 10.2. The van der Waals surface area contributed by atoms with Crippen molar-refractivity contribution in [2.24, 2.45) is 0 Å². The molecule has 0 atom stereocenters. The molecule has 2 rings (SSSR count). The van der Waals surface area contributed by atoms with E-state index < -0.39 is 15.9 Å². The fraction of sp³-hybridized carbons (Fsp3) is 0.278. The highest BCUT2D eigenvalue weighted by atomic mass is 35.5. The molecule has 140 valence electrons. The van der Waals surface area contributed by atoms with Crippen LogP contribution in [0, 0.1) is 6.92 Å². The molecule has 0 heterocycles. The van der Waals surface area contributed by atoms with E-state index in [2.05, 4.69) is 5.32 Å². The second-order valence-corrected chi connectivity index (χ2v) is 8.53. The molecule has 0 radical (unpaired) electrons. The van der Waals surface area contributed by atoms with Gasteiger partial charge in [0, 0.05) is 30.5 Å². The van der Waals surface area contributed by atoms with Crippen LogP contribution in [-0.2, 0) is 14.8 Å². The van der Waals surface area contributed by atoms with Crippen molar-refractivity contribution in [2.75, 3.05) is 41.4 Å². The van der Waals surface area contributed by atoms with E-state index >= 15 is 0 Å². The highest BCUT2D eigenvalue weighted by molar-refractivity contribution is 7.92. The Kier molecular flexibility index (Phi) is 6.15. The lowest BCUT2D eigenvalue weighted by molar-refractivity contribution is -0.114. The van der Waals surface area contributed by atoms with Crippen molar-refractivity contribution in [3.63, 3.8) is 0 Å². The van der Waals surface area contributed by atoms with Gasteiger partial charge in [-0.05, 0) is 55.0 Å². The van der Waals surface area contributed by atoms with Gasteiger partial charge in [-0.15, -0.1) is 0 Å². The zero-order chi connectivity index (χ0) is 19.5. The summed E-state index contributed by atoms with van der Waals surface area (Å²) in [5, 5.41) is 3.23. The first-order valence-corrected chi connectivity index (χ1v) is 10.1. The molecule has 0 aliphatic heterocycles. The van der Waals surface area contributed by atoms with Crippen LogP contribution in [0.4, 0.5) is 17.1 Å². The van der Waals surface area contributed by atoms with Crippen LogP contribution in [0.15, 0.2) is 42.5 Å². The third kappa shape index (κ3) is 5.12. The summed E-state index contributed by atoms with van der Waals surface area (Å²) in [7, 11) is 0.209. The van der Waals surface area contributed by atoms with Gasteiger partial charge >= 0.3 is 0 Å². The van der Waals surface area contributed by atoms with Crippen molar-refractivity contribution in [1.82, 2.24) is 0 Å². The topological polar surface area (TPSA) is 69.7 Å². The minimum Gasteiger partial charge on any atom is -0.378 e. The normalized spacial score (nSPS) is 11.1. The van der Waals surface area contributed by atoms with E-state index in [1.54, 1.807) is 37.3 Å². The predicted molar refractivity (Wildman–Crippen MR) is 108 cm³/mol. The summed E-state index contributed by atoms with van der Waals surface area (Å²) in [5.74, 6) is -0.428. The standard InChI is InChI=1S/C18H22ClN3O3S/c1-13-11-14(19)5-10-17(13)22(26(4,24)25)12-18(23)20-15-6-8-16(9-7-15)21(2)3/h5-11H,12H2,1-4H3,(H,20,23). The molecule has 0 aliphatic rings. The lowest BCUT2D eigenvalue weighted by Gasteiger charge is -2.23. The van der Waals surface area contributed by atoms with Crippen LogP contribution in [0.3, 0.4) is 0 Å². The zero-order valence-corrected chi connectivity index (χ0v) is 16.7. The van der Waals surface area contributed by atoms with Gasteiger partial charge in [0.15, 0.2) is 0 Å². The first-order chi connectivity index (χ1) is 12.1. The Morgan fingerprint density at radius 2 is 1.73 bits per heavy atom. The molecule has 6 nitrogen and oxygen atoms in total. The molecule has 8 heteroatoms. The van der Waals surface area contributed by atoms with Crippen LogP contribution in [0.25, 0.3) is 0 Å². The number of benzene rings is 2. The van der Waals surface area contributed by atoms with Crippen molar-refractivity contribution >= 4 is 44.6 Å². The van der Waals surface area contributed by atoms with Crippen molar-refractivity contribution in [3.8, 4) is 0 Å². The Bertz CT molecular complexity index is 896. The fourth-order valence-electron chi connectivity index (χ4n) is 2.45. The van der Waals surface area contributed by atoms with Gasteiger partial charge in [-0.2, -0.15) is 0 Å². The van der Waals surface area contributed by atoms with Gasteiger partial charge in [0.05, 0.1) is 11.9 Å². The summed E-state index contributed by atoms with van der Waals surface area (Å²) < 4.78 is 25.4. The maximum atomic E-state index is 12.4. The minimum atomic E-state index is -3.64. The monoisotopic (exact) mass is 395 g/mol. The molecule has 2 aromatic carbocycles. The van der Waals surface area contributed by atoms with Gasteiger partial charge in [-0.25, -0.2) is 8.42 Å². The van der Waals surface area contributed by atoms with Gasteiger partial charge < -0.3 is 10.2 Å². The highest BCUT2D eigenvalue weighted by Crippen LogP contribution is 2.25. The molecule has 0 saturated heterocycles. The molecule has 0 aliphatic carbocycles. The summed E-state index contributed by atoms with van der Waals surface area (Å²) in [6, 6.07) is 12.1. The van der Waals surface area contributed by atoms with E-state index in [0.29, 0.717) is 22.0 Å². The van der Waals surface area contributed by atoms with E-state index in [1.165, 1.54) is 0 Å². The number of carbonyl (C=O) groups excluding carboxylic acids is 1. The maximum absolute atomic E-state index is 12.4. The summed E-state index contributed by atoms with van der Waals surface area (Å²) in [5.41, 5.74) is 2.69. The van der Waals surface area contributed by atoms with Crippen molar-refractivity contribution in [3.05, 3.63) is 53.1 Å². The lowest BCUT2D eigenvalue weighted by Crippen LogP contribution is -2.37. The number of halogens is 1. The Morgan fingerprint density at radius 3 is 2.23 bits per heavy atom. The van der Waals surface area contributed by atoms with Gasteiger partial charge in [0.1, 0.15) is 6.54 Å². The first kappa shape index (κ1) is 20.1. The van der Waals surface area contributed by atoms with Crippen LogP contribution in [0.2, 0.25) is 5.02 Å². The number of hydrogen-bond donors (Lipinski definition) is 1. The molecule has 26 heavy (non-hydrogen) atoms. The van der Waals surface area contributed by atoms with Gasteiger partial charge in [-0.3, -0.25) is 9.10 Å². The van der Waals surface area contributed by atoms with Crippen LogP contribution >= 0.6 is 11.6 Å². The highest BCUT2D eigenvalue weighted by Gasteiger charge is 2.22. The summed E-state index contributed by atoms with van der Waals surface area (Å²) in [6.07, 6.45) is 1.07. The van der Waals surface area contributed by atoms with E-state index in [0.717, 1.165) is 16.2 Å². The number of nitrogens with zero attached hydrogens (tertiary/aromatic N) is 2. The van der Waals surface area contributed by atoms with Crippen molar-refractivity contribution in [2.45, 2.75) is 6.92 Å². The van der Waals surface area contributed by atoms with E-state index in [-0.39, 0.29) is 6.54 Å². The number of carbonyl (C=O) groups is 1. The Morgan fingerprint density at radius 1 is 1.12 bits per heavy atom. The smallest absolute Gasteiger partial charge is 0.245 e. The number of amides is 1. The van der Waals surface area contributed by atoms with Gasteiger partial charge in [0.2, 0.25) is 15.9 Å². The number of sulfonamides is 1. The Balaban J connectivity index is 2.19. The Hall–Kier alpha value is -2.25. The number of anilines is 3. The third-order valence-electron chi connectivity index (χ3n) is 3.78. The van der Waals surface area contributed by atoms with Crippen LogP contribution in [0.1, 0.15) is 5.56 Å². The number of rotatable bonds is 6. The zero-order valence-electron chi connectivity index (χ0n) is 15.2. The average Bonchev–Trinajstić information content (AvgIpc) is 2.53. The number of nitrogens with one attached hydrogen (secondary N) is 1. The number of hydrogen-bond acceptors (Lipinski definition) is 4. The van der Waals surface area contributed by atoms with Crippen LogP contribution in [0.5, 0.6) is 0 Å². The first-order valence-electron chi connectivity index (χ1n) is 7.89. The average molecular weight is 396 g/mol. The quantitative estimate of drug-likeness (QED) is 0.815. The molecule has 0 fully saturated rings. The molecular weight excluding hydrogens is 374 g/mol. The molecule has 0 aromatic heterocycles. The molecule has 0 spiro atoms. The Labute approximate surface area is 159 Å². The second kappa shape index (κ2) is 7.97. The van der Waals surface area contributed by atoms with Crippen molar-refractivity contribution < 1.29 is 13.2 Å². The summed E-state index contributed by atoms with van der Waals surface area (Å²) in [6.45, 7) is 1.42. The molecule has 0 unspecified atom stereocenters. The largest absolute Gasteiger partial charge is 0.378 e. The van der Waals surface area contributed by atoms with Gasteiger partial charge in [0.25, 0.3) is 0 Å². The van der Waals surface area contributed by atoms with Crippen molar-refractivity contribution in [1.29, 1.82) is 0 Å². The molecule has 2 aromatic rings. The fourth-order valence-corrected chi connectivity index (χ4v) is 3.59.